The molecule has 0 saturated carbocycles. The Labute approximate surface area is 209 Å². The fourth-order valence-electron chi connectivity index (χ4n) is 3.94. The van der Waals surface area contributed by atoms with Gasteiger partial charge in [0.15, 0.2) is 5.96 Å². The van der Waals surface area contributed by atoms with Crippen molar-refractivity contribution in [1.29, 1.82) is 0 Å². The molecule has 2 aliphatic rings. The van der Waals surface area contributed by atoms with Crippen molar-refractivity contribution in [1.82, 2.24) is 15.5 Å². The van der Waals surface area contributed by atoms with Gasteiger partial charge in [-0.15, -0.1) is 24.0 Å². The van der Waals surface area contributed by atoms with Gasteiger partial charge in [-0.05, 0) is 56.7 Å². The zero-order chi connectivity index (χ0) is 21.0. The Hall–Kier alpha value is -0.610. The van der Waals surface area contributed by atoms with Crippen LogP contribution in [-0.2, 0) is 16.0 Å². The number of benzene rings is 1. The van der Waals surface area contributed by atoms with Crippen molar-refractivity contribution in [2.75, 3.05) is 46.0 Å². The van der Waals surface area contributed by atoms with Crippen molar-refractivity contribution in [3.63, 3.8) is 0 Å². The SMILES string of the molecule is CCNC(=NCCCOC1CCOCC1)NC1CCN(Cc2ccc(Cl)cc2)CC1.I. The molecule has 1 aromatic carbocycles. The van der Waals surface area contributed by atoms with E-state index in [1.54, 1.807) is 0 Å². The highest BCUT2D eigenvalue weighted by Crippen LogP contribution is 2.16. The smallest absolute Gasteiger partial charge is 0.191 e. The van der Waals surface area contributed by atoms with Gasteiger partial charge < -0.3 is 20.1 Å². The van der Waals surface area contributed by atoms with Gasteiger partial charge in [0.1, 0.15) is 0 Å². The standard InChI is InChI=1S/C23H37ClN4O2.HI/c1-2-25-23(26-12-3-15-30-22-10-16-29-17-11-22)27-21-8-13-28(14-9-21)18-19-4-6-20(24)7-5-19;/h4-7,21-22H,2-3,8-18H2,1H3,(H2,25,26,27);1H. The predicted molar refractivity (Wildman–Crippen MR) is 139 cm³/mol. The summed E-state index contributed by atoms with van der Waals surface area (Å²) >= 11 is 5.99. The number of nitrogens with zero attached hydrogens (tertiary/aromatic N) is 2. The van der Waals surface area contributed by atoms with Gasteiger partial charge >= 0.3 is 0 Å². The highest BCUT2D eigenvalue weighted by Gasteiger charge is 2.20. The molecule has 0 aromatic heterocycles. The van der Waals surface area contributed by atoms with Crippen LogP contribution in [0.15, 0.2) is 29.3 Å². The van der Waals surface area contributed by atoms with E-state index in [0.717, 1.165) is 95.6 Å². The van der Waals surface area contributed by atoms with Crippen LogP contribution < -0.4 is 10.6 Å². The van der Waals surface area contributed by atoms with E-state index >= 15 is 0 Å². The van der Waals surface area contributed by atoms with Crippen LogP contribution >= 0.6 is 35.6 Å². The summed E-state index contributed by atoms with van der Waals surface area (Å²) in [5.41, 5.74) is 1.32. The van der Waals surface area contributed by atoms with Crippen LogP contribution in [-0.4, -0.2) is 69.0 Å². The first-order valence-corrected chi connectivity index (χ1v) is 11.8. The molecule has 2 aliphatic heterocycles. The van der Waals surface area contributed by atoms with Crippen LogP contribution in [0.4, 0.5) is 0 Å². The lowest BCUT2D eigenvalue weighted by Gasteiger charge is -2.33. The minimum Gasteiger partial charge on any atom is -0.381 e. The highest BCUT2D eigenvalue weighted by atomic mass is 127. The van der Waals surface area contributed by atoms with Gasteiger partial charge in [-0.25, -0.2) is 0 Å². The van der Waals surface area contributed by atoms with Crippen LogP contribution in [0.1, 0.15) is 44.6 Å². The van der Waals surface area contributed by atoms with Crippen molar-refractivity contribution in [3.8, 4) is 0 Å². The number of piperidine rings is 1. The first kappa shape index (κ1) is 26.6. The second-order valence-electron chi connectivity index (χ2n) is 8.12. The third-order valence-electron chi connectivity index (χ3n) is 5.69. The number of rotatable bonds is 9. The Morgan fingerprint density at radius 1 is 1.16 bits per heavy atom. The van der Waals surface area contributed by atoms with Crippen molar-refractivity contribution in [2.24, 2.45) is 4.99 Å². The number of ether oxygens (including phenoxy) is 2. The van der Waals surface area contributed by atoms with Crippen LogP contribution in [0, 0.1) is 0 Å². The largest absolute Gasteiger partial charge is 0.381 e. The quantitative estimate of drug-likeness (QED) is 0.205. The Bertz CT molecular complexity index is 633. The molecule has 2 fully saturated rings. The van der Waals surface area contributed by atoms with Crippen LogP contribution in [0.5, 0.6) is 0 Å². The van der Waals surface area contributed by atoms with Gasteiger partial charge in [-0.2, -0.15) is 0 Å². The minimum absolute atomic E-state index is 0. The Morgan fingerprint density at radius 3 is 2.55 bits per heavy atom. The topological polar surface area (TPSA) is 58.1 Å². The van der Waals surface area contributed by atoms with Crippen molar-refractivity contribution >= 4 is 41.5 Å². The summed E-state index contributed by atoms with van der Waals surface area (Å²) < 4.78 is 11.3. The van der Waals surface area contributed by atoms with Crippen molar-refractivity contribution in [3.05, 3.63) is 34.9 Å². The van der Waals surface area contributed by atoms with Gasteiger partial charge in [-0.1, -0.05) is 23.7 Å². The third-order valence-corrected chi connectivity index (χ3v) is 5.94. The summed E-state index contributed by atoms with van der Waals surface area (Å²) in [6, 6.07) is 8.66. The molecule has 0 amide bonds. The van der Waals surface area contributed by atoms with E-state index in [1.807, 2.05) is 12.1 Å². The molecular formula is C23H38ClIN4O2. The van der Waals surface area contributed by atoms with Gasteiger partial charge in [0.25, 0.3) is 0 Å². The summed E-state index contributed by atoms with van der Waals surface area (Å²) in [6.45, 7) is 9.39. The maximum Gasteiger partial charge on any atom is 0.191 e. The number of halogens is 2. The average Bonchev–Trinajstić information content (AvgIpc) is 2.77. The zero-order valence-electron chi connectivity index (χ0n) is 18.7. The minimum atomic E-state index is 0. The molecule has 1 aromatic rings. The summed E-state index contributed by atoms with van der Waals surface area (Å²) in [7, 11) is 0. The van der Waals surface area contributed by atoms with Crippen LogP contribution in [0.2, 0.25) is 5.02 Å². The predicted octanol–water partition coefficient (Wildman–Crippen LogP) is 4.06. The fraction of sp³-hybridized carbons (Fsp3) is 0.696. The fourth-order valence-corrected chi connectivity index (χ4v) is 4.07. The molecule has 0 spiro atoms. The molecule has 0 radical (unpaired) electrons. The number of hydrogen-bond donors (Lipinski definition) is 2. The highest BCUT2D eigenvalue weighted by molar-refractivity contribution is 14.0. The Balaban J connectivity index is 0.00000341. The summed E-state index contributed by atoms with van der Waals surface area (Å²) in [4.78, 5) is 7.26. The molecule has 0 bridgehead atoms. The van der Waals surface area contributed by atoms with Gasteiger partial charge in [0.05, 0.1) is 6.10 Å². The Kier molecular flexibility index (Phi) is 13.1. The first-order valence-electron chi connectivity index (χ1n) is 11.4. The number of guanidine groups is 1. The molecule has 0 unspecified atom stereocenters. The van der Waals surface area contributed by atoms with E-state index < -0.39 is 0 Å². The van der Waals surface area contributed by atoms with Crippen LogP contribution in [0.25, 0.3) is 0 Å². The number of nitrogens with one attached hydrogen (secondary N) is 2. The molecule has 8 heteroatoms. The second kappa shape index (κ2) is 15.3. The lowest BCUT2D eigenvalue weighted by atomic mass is 10.0. The average molecular weight is 565 g/mol. The lowest BCUT2D eigenvalue weighted by molar-refractivity contribution is -0.0318. The van der Waals surface area contributed by atoms with E-state index in [-0.39, 0.29) is 24.0 Å². The van der Waals surface area contributed by atoms with E-state index in [1.165, 1.54) is 5.56 Å². The molecular weight excluding hydrogens is 527 g/mol. The van der Waals surface area contributed by atoms with Crippen LogP contribution in [0.3, 0.4) is 0 Å². The molecule has 6 nitrogen and oxygen atoms in total. The van der Waals surface area contributed by atoms with Gasteiger partial charge in [0, 0.05) is 63.6 Å². The zero-order valence-corrected chi connectivity index (χ0v) is 21.7. The van der Waals surface area contributed by atoms with E-state index in [4.69, 9.17) is 26.1 Å². The molecule has 2 heterocycles. The second-order valence-corrected chi connectivity index (χ2v) is 8.55. The van der Waals surface area contributed by atoms with Crippen molar-refractivity contribution in [2.45, 2.75) is 57.7 Å². The molecule has 31 heavy (non-hydrogen) atoms. The normalized spacial score (nSPS) is 19.1. The maximum atomic E-state index is 5.99. The van der Waals surface area contributed by atoms with E-state index in [2.05, 4.69) is 34.6 Å². The van der Waals surface area contributed by atoms with Gasteiger partial charge in [0.2, 0.25) is 0 Å². The summed E-state index contributed by atoms with van der Waals surface area (Å²) in [5, 5.41) is 7.81. The number of likely N-dealkylation sites (tertiary alicyclic amines) is 1. The molecule has 2 N–H and O–H groups in total. The first-order chi connectivity index (χ1) is 14.7. The number of aliphatic imine (C=N–C) groups is 1. The third kappa shape index (κ3) is 10.2. The molecule has 0 atom stereocenters. The molecule has 2 saturated heterocycles. The maximum absolute atomic E-state index is 5.99. The lowest BCUT2D eigenvalue weighted by Crippen LogP contribution is -2.48. The number of hydrogen-bond acceptors (Lipinski definition) is 4. The molecule has 0 aliphatic carbocycles. The van der Waals surface area contributed by atoms with Crippen molar-refractivity contribution < 1.29 is 9.47 Å². The van der Waals surface area contributed by atoms with Gasteiger partial charge in [-0.3, -0.25) is 9.89 Å². The van der Waals surface area contributed by atoms with E-state index in [0.29, 0.717) is 12.1 Å². The molecule has 176 valence electrons. The van der Waals surface area contributed by atoms with E-state index in [9.17, 15) is 0 Å². The summed E-state index contributed by atoms with van der Waals surface area (Å²) in [6.07, 6.45) is 5.62. The monoisotopic (exact) mass is 564 g/mol. The summed E-state index contributed by atoms with van der Waals surface area (Å²) in [5.74, 6) is 0.930. The Morgan fingerprint density at radius 2 is 1.87 bits per heavy atom. The molecule has 3 rings (SSSR count).